The normalized spacial score (nSPS) is 10.6. The molecule has 4 rings (SSSR count). The van der Waals surface area contributed by atoms with Gasteiger partial charge in [-0.2, -0.15) is 20.4 Å². The Labute approximate surface area is 214 Å². The van der Waals surface area contributed by atoms with E-state index in [0.717, 1.165) is 0 Å². The molecule has 2 heterocycles. The molecule has 2 aromatic heterocycles. The lowest BCUT2D eigenvalue weighted by Gasteiger charge is -2.03. The van der Waals surface area contributed by atoms with Crippen molar-refractivity contribution < 1.29 is 29.3 Å². The van der Waals surface area contributed by atoms with Crippen LogP contribution in [0.4, 0.5) is 0 Å². The lowest BCUT2D eigenvalue weighted by Crippen LogP contribution is -2.19. The first-order chi connectivity index (χ1) is 18.4. The Kier molecular flexibility index (Phi) is 9.40. The summed E-state index contributed by atoms with van der Waals surface area (Å²) in [5.41, 5.74) is 5.88. The molecular weight excluding hydrogens is 500 g/mol. The largest absolute Gasteiger partial charge is 0.504 e. The highest BCUT2D eigenvalue weighted by Gasteiger charge is 2.07. The maximum atomic E-state index is 11.4. The molecule has 16 nitrogen and oxygen atoms in total. The maximum absolute atomic E-state index is 11.4. The van der Waals surface area contributed by atoms with Crippen molar-refractivity contribution in [3.8, 4) is 23.0 Å². The highest BCUT2D eigenvalue weighted by Crippen LogP contribution is 2.26. The van der Waals surface area contributed by atoms with Crippen molar-refractivity contribution in [2.45, 2.75) is 0 Å². The summed E-state index contributed by atoms with van der Waals surface area (Å²) in [7, 11) is 2.89. The number of phenols is 2. The first kappa shape index (κ1) is 26.8. The number of aromatic nitrogens is 6. The molecule has 0 aliphatic rings. The second-order valence-electron chi connectivity index (χ2n) is 6.93. The molecule has 0 bridgehead atoms. The third kappa shape index (κ3) is 7.60. The van der Waals surface area contributed by atoms with Gasteiger partial charge in [0.25, 0.3) is 0 Å². The average molecular weight is 522 g/mol. The average Bonchev–Trinajstić information content (AvgIpc) is 3.66. The van der Waals surface area contributed by atoms with Gasteiger partial charge in [0.15, 0.2) is 23.0 Å². The van der Waals surface area contributed by atoms with Crippen LogP contribution in [0.15, 0.2) is 59.3 Å². The molecule has 196 valence electrons. The number of carbonyl (C=O) groups excluding carboxylic acids is 2. The number of hydrogen-bond acceptors (Lipinski definition) is 12. The molecule has 0 spiro atoms. The summed E-state index contributed by atoms with van der Waals surface area (Å²) in [6.07, 6.45) is 5.28. The number of hydrazone groups is 2. The van der Waals surface area contributed by atoms with Gasteiger partial charge in [-0.1, -0.05) is 0 Å². The van der Waals surface area contributed by atoms with E-state index in [9.17, 15) is 19.8 Å². The van der Waals surface area contributed by atoms with Crippen LogP contribution in [0.1, 0.15) is 32.4 Å². The third-order valence-corrected chi connectivity index (χ3v) is 4.43. The number of benzene rings is 2. The first-order valence-corrected chi connectivity index (χ1v) is 10.5. The zero-order valence-electron chi connectivity index (χ0n) is 20.0. The van der Waals surface area contributed by atoms with Gasteiger partial charge in [0.1, 0.15) is 12.7 Å². The number of phenolic OH excluding ortho intramolecular Hbond substituents is 2. The molecule has 0 radical (unpaired) electrons. The Hall–Kier alpha value is -5.80. The fourth-order valence-corrected chi connectivity index (χ4v) is 2.62. The zero-order valence-corrected chi connectivity index (χ0v) is 20.0. The Morgan fingerprint density at radius 1 is 0.789 bits per heavy atom. The van der Waals surface area contributed by atoms with Crippen LogP contribution in [0.2, 0.25) is 0 Å². The molecule has 0 saturated heterocycles. The van der Waals surface area contributed by atoms with Gasteiger partial charge in [-0.05, 0) is 47.5 Å². The van der Waals surface area contributed by atoms with Crippen molar-refractivity contribution in [3.05, 3.63) is 71.8 Å². The molecule has 16 heteroatoms. The van der Waals surface area contributed by atoms with Crippen LogP contribution in [0.25, 0.3) is 0 Å². The Morgan fingerprint density at radius 2 is 1.21 bits per heavy atom. The number of methoxy groups -OCH3 is 2. The predicted octanol–water partition coefficient (Wildman–Crippen LogP) is 0.566. The van der Waals surface area contributed by atoms with Gasteiger partial charge in [0.2, 0.25) is 11.6 Å². The minimum absolute atomic E-state index is 0.0327. The number of ether oxygens (including phenoxy) is 2. The third-order valence-electron chi connectivity index (χ3n) is 4.43. The van der Waals surface area contributed by atoms with E-state index in [4.69, 9.17) is 9.47 Å². The summed E-state index contributed by atoms with van der Waals surface area (Å²) < 4.78 is 9.90. The number of hydrogen-bond donors (Lipinski definition) is 6. The summed E-state index contributed by atoms with van der Waals surface area (Å²) in [4.78, 5) is 30.3. The zero-order chi connectivity index (χ0) is 27.3. The van der Waals surface area contributed by atoms with E-state index < -0.39 is 11.8 Å². The van der Waals surface area contributed by atoms with Crippen molar-refractivity contribution in [2.75, 3.05) is 14.2 Å². The second-order valence-corrected chi connectivity index (χ2v) is 6.93. The van der Waals surface area contributed by atoms with Crippen LogP contribution >= 0.6 is 0 Å². The lowest BCUT2D eigenvalue weighted by molar-refractivity contribution is 0.0937. The van der Waals surface area contributed by atoms with E-state index in [1.807, 2.05) is 0 Å². The molecule has 0 unspecified atom stereocenters. The predicted molar refractivity (Wildman–Crippen MR) is 132 cm³/mol. The standard InChI is InChI=1S/2C11H11N5O3/c2*1-19-9-4-7(2-3-8(9)17)5-13-16-11(18)10-12-6-14-15-10/h2*2-6,17H,1H3,(H,16,18)(H,12,14,15)/b2*13-5+. The van der Waals surface area contributed by atoms with E-state index in [-0.39, 0.29) is 23.1 Å². The number of carbonyl (C=O) groups is 2. The van der Waals surface area contributed by atoms with Crippen molar-refractivity contribution >= 4 is 24.2 Å². The molecule has 6 N–H and O–H groups in total. The fraction of sp³-hybridized carbons (Fsp3) is 0.0909. The second kappa shape index (κ2) is 13.3. The molecule has 0 atom stereocenters. The van der Waals surface area contributed by atoms with Gasteiger partial charge in [0.05, 0.1) is 26.6 Å². The number of H-pyrrole nitrogens is 2. The van der Waals surface area contributed by atoms with Crippen molar-refractivity contribution in [3.63, 3.8) is 0 Å². The molecule has 0 aliphatic carbocycles. The summed E-state index contributed by atoms with van der Waals surface area (Å²) in [6.45, 7) is 0. The molecule has 2 aromatic carbocycles. The van der Waals surface area contributed by atoms with Gasteiger partial charge in [-0.3, -0.25) is 19.8 Å². The minimum Gasteiger partial charge on any atom is -0.504 e. The van der Waals surface area contributed by atoms with Gasteiger partial charge >= 0.3 is 11.8 Å². The van der Waals surface area contributed by atoms with E-state index in [2.05, 4.69) is 51.4 Å². The van der Waals surface area contributed by atoms with Crippen LogP contribution in [0.3, 0.4) is 0 Å². The van der Waals surface area contributed by atoms with Crippen LogP contribution in [-0.4, -0.2) is 79.0 Å². The summed E-state index contributed by atoms with van der Waals surface area (Å²) in [5.74, 6) is -0.147. The van der Waals surface area contributed by atoms with E-state index in [0.29, 0.717) is 22.6 Å². The molecule has 0 aliphatic heterocycles. The van der Waals surface area contributed by atoms with Crippen molar-refractivity contribution in [2.24, 2.45) is 10.2 Å². The number of nitrogens with one attached hydrogen (secondary N) is 4. The number of aromatic hydroxyl groups is 2. The smallest absolute Gasteiger partial charge is 0.308 e. The molecule has 0 saturated carbocycles. The topological polar surface area (TPSA) is 225 Å². The SMILES string of the molecule is COc1cc(/C=N/NC(=O)c2ncn[nH]2)ccc1O.COc1cc(/C=N/NC(=O)c2ncn[nH]2)ccc1O. The van der Waals surface area contributed by atoms with Crippen molar-refractivity contribution in [1.29, 1.82) is 0 Å². The Balaban J connectivity index is 0.000000211. The van der Waals surface area contributed by atoms with Crippen LogP contribution in [-0.2, 0) is 0 Å². The maximum Gasteiger partial charge on any atom is 0.308 e. The van der Waals surface area contributed by atoms with Gasteiger partial charge in [0, 0.05) is 0 Å². The van der Waals surface area contributed by atoms with Crippen LogP contribution < -0.4 is 20.3 Å². The summed E-state index contributed by atoms with van der Waals surface area (Å²) in [6, 6.07) is 9.36. The monoisotopic (exact) mass is 522 g/mol. The van der Waals surface area contributed by atoms with Gasteiger partial charge in [-0.25, -0.2) is 20.8 Å². The highest BCUT2D eigenvalue weighted by atomic mass is 16.5. The quantitative estimate of drug-likeness (QED) is 0.139. The van der Waals surface area contributed by atoms with E-state index in [1.54, 1.807) is 24.3 Å². The van der Waals surface area contributed by atoms with E-state index >= 15 is 0 Å². The minimum atomic E-state index is -0.500. The molecule has 2 amide bonds. The lowest BCUT2D eigenvalue weighted by atomic mass is 10.2. The fourth-order valence-electron chi connectivity index (χ4n) is 2.62. The van der Waals surface area contributed by atoms with Crippen LogP contribution in [0.5, 0.6) is 23.0 Å². The Bertz CT molecular complexity index is 1300. The van der Waals surface area contributed by atoms with E-state index in [1.165, 1.54) is 51.4 Å². The summed E-state index contributed by atoms with van der Waals surface area (Å²) in [5, 5.41) is 38.3. The number of rotatable bonds is 8. The number of aromatic amines is 2. The first-order valence-electron chi connectivity index (χ1n) is 10.5. The number of amides is 2. The van der Waals surface area contributed by atoms with Crippen LogP contribution in [0, 0.1) is 0 Å². The molecule has 4 aromatic rings. The number of nitrogens with zero attached hydrogens (tertiary/aromatic N) is 6. The highest BCUT2D eigenvalue weighted by molar-refractivity contribution is 5.92. The Morgan fingerprint density at radius 3 is 1.55 bits per heavy atom. The molecule has 38 heavy (non-hydrogen) atoms. The molecular formula is C22H22N10O6. The molecule has 0 fully saturated rings. The van der Waals surface area contributed by atoms with Gasteiger partial charge < -0.3 is 19.7 Å². The summed E-state index contributed by atoms with van der Waals surface area (Å²) >= 11 is 0. The van der Waals surface area contributed by atoms with Gasteiger partial charge in [-0.15, -0.1) is 0 Å². The van der Waals surface area contributed by atoms with Crippen molar-refractivity contribution in [1.82, 2.24) is 41.2 Å².